The fraction of sp³-hybridized carbons (Fsp3) is 0.500. The van der Waals surface area contributed by atoms with Gasteiger partial charge in [-0.25, -0.2) is 0 Å². The van der Waals surface area contributed by atoms with Gasteiger partial charge in [0.1, 0.15) is 0 Å². The Kier molecular flexibility index (Phi) is 6.78. The fourth-order valence-corrected chi connectivity index (χ4v) is 2.68. The Bertz CT molecular complexity index is 575. The summed E-state index contributed by atoms with van der Waals surface area (Å²) in [4.78, 5) is 36.7. The Morgan fingerprint density at radius 1 is 1.04 bits per heavy atom. The van der Waals surface area contributed by atoms with Crippen LogP contribution in [-0.4, -0.2) is 42.4 Å². The maximum Gasteiger partial charge on any atom is 0.310 e. The van der Waals surface area contributed by atoms with E-state index in [-0.39, 0.29) is 24.8 Å². The summed E-state index contributed by atoms with van der Waals surface area (Å²) in [7, 11) is 0. The molecule has 24 heavy (non-hydrogen) atoms. The number of rotatable bonds is 5. The molecule has 1 saturated heterocycles. The molecular weight excluding hydrogens is 308 g/mol. The average Bonchev–Trinajstić information content (AvgIpc) is 2.83. The van der Waals surface area contributed by atoms with Crippen molar-refractivity contribution in [3.8, 4) is 0 Å². The maximum atomic E-state index is 12.1. The van der Waals surface area contributed by atoms with Crippen LogP contribution in [0.1, 0.15) is 38.2 Å². The minimum absolute atomic E-state index is 0.105. The molecule has 1 aliphatic rings. The van der Waals surface area contributed by atoms with Gasteiger partial charge in [0.25, 0.3) is 5.91 Å². The summed E-state index contributed by atoms with van der Waals surface area (Å²) in [6.07, 6.45) is 4.43. The molecule has 2 amide bonds. The number of nitrogens with zero attached hydrogens (tertiary/aromatic N) is 1. The molecule has 130 valence electrons. The van der Waals surface area contributed by atoms with Gasteiger partial charge in [-0.15, -0.1) is 0 Å². The molecule has 0 aromatic heterocycles. The molecule has 0 bridgehead atoms. The maximum absolute atomic E-state index is 12.1. The summed E-state index contributed by atoms with van der Waals surface area (Å²) < 4.78 is 5.10. The third-order valence-corrected chi connectivity index (χ3v) is 3.94. The van der Waals surface area contributed by atoms with Gasteiger partial charge in [0.15, 0.2) is 6.61 Å². The summed E-state index contributed by atoms with van der Waals surface area (Å²) in [5.41, 5.74) is 1.45. The number of nitrogens with one attached hydrogen (secondary N) is 1. The standard InChI is InChI=1S/C18H24N2O4/c1-14(21)19-16-8-6-15(7-9-16)12-18(23)24-13-17(22)20-10-4-2-3-5-11-20/h6-9H,2-5,10-13H2,1H3,(H,19,21). The van der Waals surface area contributed by atoms with E-state index in [0.717, 1.165) is 44.3 Å². The molecule has 0 atom stereocenters. The zero-order valence-corrected chi connectivity index (χ0v) is 14.0. The second kappa shape index (κ2) is 9.05. The number of benzene rings is 1. The topological polar surface area (TPSA) is 75.7 Å². The predicted molar refractivity (Wildman–Crippen MR) is 90.5 cm³/mol. The average molecular weight is 332 g/mol. The first-order chi connectivity index (χ1) is 11.5. The van der Waals surface area contributed by atoms with Crippen molar-refractivity contribution in [2.45, 2.75) is 39.0 Å². The van der Waals surface area contributed by atoms with Crippen molar-refractivity contribution in [2.75, 3.05) is 25.0 Å². The van der Waals surface area contributed by atoms with Crippen LogP contribution in [0.4, 0.5) is 5.69 Å². The van der Waals surface area contributed by atoms with Crippen LogP contribution in [-0.2, 0) is 25.5 Å². The van der Waals surface area contributed by atoms with Crippen LogP contribution in [0.15, 0.2) is 24.3 Å². The molecule has 6 nitrogen and oxygen atoms in total. The van der Waals surface area contributed by atoms with E-state index < -0.39 is 5.97 Å². The van der Waals surface area contributed by atoms with Crippen LogP contribution in [0.3, 0.4) is 0 Å². The van der Waals surface area contributed by atoms with Gasteiger partial charge in [-0.3, -0.25) is 14.4 Å². The first kappa shape index (κ1) is 18.0. The number of hydrogen-bond acceptors (Lipinski definition) is 4. The highest BCUT2D eigenvalue weighted by Gasteiger charge is 2.17. The molecule has 2 rings (SSSR count). The Labute approximate surface area is 142 Å². The molecule has 1 heterocycles. The number of ether oxygens (including phenoxy) is 1. The van der Waals surface area contributed by atoms with E-state index in [0.29, 0.717) is 5.69 Å². The smallest absolute Gasteiger partial charge is 0.310 e. The summed E-state index contributed by atoms with van der Waals surface area (Å²) in [6.45, 7) is 2.75. The van der Waals surface area contributed by atoms with Gasteiger partial charge < -0.3 is 15.0 Å². The number of carbonyl (C=O) groups is 3. The normalized spacial score (nSPS) is 14.6. The lowest BCUT2D eigenvalue weighted by Crippen LogP contribution is -2.35. The number of hydrogen-bond donors (Lipinski definition) is 1. The highest BCUT2D eigenvalue weighted by Crippen LogP contribution is 2.11. The Morgan fingerprint density at radius 2 is 1.67 bits per heavy atom. The zero-order chi connectivity index (χ0) is 17.4. The number of amides is 2. The van der Waals surface area contributed by atoms with Crippen molar-refractivity contribution >= 4 is 23.5 Å². The highest BCUT2D eigenvalue weighted by atomic mass is 16.5. The molecule has 1 aliphatic heterocycles. The third-order valence-electron chi connectivity index (χ3n) is 3.94. The van der Waals surface area contributed by atoms with Crippen molar-refractivity contribution < 1.29 is 19.1 Å². The zero-order valence-electron chi connectivity index (χ0n) is 14.0. The quantitative estimate of drug-likeness (QED) is 0.838. The van der Waals surface area contributed by atoms with E-state index in [1.807, 2.05) is 0 Å². The van der Waals surface area contributed by atoms with E-state index in [4.69, 9.17) is 4.74 Å². The van der Waals surface area contributed by atoms with Gasteiger partial charge in [0.05, 0.1) is 6.42 Å². The van der Waals surface area contributed by atoms with Gasteiger partial charge in [-0.1, -0.05) is 25.0 Å². The lowest BCUT2D eigenvalue weighted by atomic mass is 10.1. The molecule has 0 spiro atoms. The van der Waals surface area contributed by atoms with Crippen LogP contribution in [0.25, 0.3) is 0 Å². The van der Waals surface area contributed by atoms with Gasteiger partial charge in [-0.05, 0) is 30.5 Å². The Balaban J connectivity index is 1.76. The first-order valence-corrected chi connectivity index (χ1v) is 8.34. The molecule has 0 radical (unpaired) electrons. The number of carbonyl (C=O) groups excluding carboxylic acids is 3. The molecular formula is C18H24N2O4. The van der Waals surface area contributed by atoms with Crippen LogP contribution in [0.2, 0.25) is 0 Å². The van der Waals surface area contributed by atoms with E-state index in [2.05, 4.69) is 5.32 Å². The largest absolute Gasteiger partial charge is 0.455 e. The molecule has 1 aromatic rings. The van der Waals surface area contributed by atoms with Gasteiger partial charge >= 0.3 is 5.97 Å². The van der Waals surface area contributed by atoms with Gasteiger partial charge in [0.2, 0.25) is 5.91 Å². The van der Waals surface area contributed by atoms with E-state index in [1.54, 1.807) is 29.2 Å². The van der Waals surface area contributed by atoms with E-state index in [1.165, 1.54) is 6.92 Å². The predicted octanol–water partition coefficient (Wildman–Crippen LogP) is 2.13. The summed E-state index contributed by atoms with van der Waals surface area (Å²) in [6, 6.07) is 6.96. The van der Waals surface area contributed by atoms with Crippen molar-refractivity contribution in [3.63, 3.8) is 0 Å². The van der Waals surface area contributed by atoms with E-state index in [9.17, 15) is 14.4 Å². The van der Waals surface area contributed by atoms with Crippen molar-refractivity contribution in [3.05, 3.63) is 29.8 Å². The molecule has 1 aromatic carbocycles. The van der Waals surface area contributed by atoms with Crippen LogP contribution >= 0.6 is 0 Å². The number of anilines is 1. The second-order valence-electron chi connectivity index (χ2n) is 6.01. The Hall–Kier alpha value is -2.37. The van der Waals surface area contributed by atoms with Crippen LogP contribution in [0, 0.1) is 0 Å². The summed E-state index contributed by atoms with van der Waals surface area (Å²) in [5, 5.41) is 2.66. The molecule has 6 heteroatoms. The second-order valence-corrected chi connectivity index (χ2v) is 6.01. The summed E-state index contributed by atoms with van der Waals surface area (Å²) in [5.74, 6) is -0.689. The number of likely N-dealkylation sites (tertiary alicyclic amines) is 1. The minimum Gasteiger partial charge on any atom is -0.455 e. The van der Waals surface area contributed by atoms with Crippen LogP contribution < -0.4 is 5.32 Å². The SMILES string of the molecule is CC(=O)Nc1ccc(CC(=O)OCC(=O)N2CCCCCC2)cc1. The molecule has 0 aliphatic carbocycles. The lowest BCUT2D eigenvalue weighted by Gasteiger charge is -2.19. The summed E-state index contributed by atoms with van der Waals surface area (Å²) >= 11 is 0. The molecule has 1 N–H and O–H groups in total. The number of esters is 1. The minimum atomic E-state index is -0.426. The lowest BCUT2D eigenvalue weighted by molar-refractivity contribution is -0.151. The Morgan fingerprint density at radius 3 is 2.25 bits per heavy atom. The monoisotopic (exact) mass is 332 g/mol. The molecule has 0 saturated carbocycles. The van der Waals surface area contributed by atoms with Crippen molar-refractivity contribution in [1.29, 1.82) is 0 Å². The third kappa shape index (κ3) is 6.02. The first-order valence-electron chi connectivity index (χ1n) is 8.34. The van der Waals surface area contributed by atoms with Gasteiger partial charge in [-0.2, -0.15) is 0 Å². The molecule has 1 fully saturated rings. The highest BCUT2D eigenvalue weighted by molar-refractivity contribution is 5.88. The van der Waals surface area contributed by atoms with Crippen LogP contribution in [0.5, 0.6) is 0 Å². The van der Waals surface area contributed by atoms with E-state index >= 15 is 0 Å². The fourth-order valence-electron chi connectivity index (χ4n) is 2.68. The van der Waals surface area contributed by atoms with Crippen molar-refractivity contribution in [1.82, 2.24) is 4.90 Å². The van der Waals surface area contributed by atoms with Gasteiger partial charge in [0, 0.05) is 25.7 Å². The molecule has 0 unspecified atom stereocenters. The van der Waals surface area contributed by atoms with Crippen molar-refractivity contribution in [2.24, 2.45) is 0 Å².